The van der Waals surface area contributed by atoms with Gasteiger partial charge in [0.05, 0.1) is 17.2 Å². The molecule has 0 N–H and O–H groups in total. The molecule has 3 nitrogen and oxygen atoms in total. The van der Waals surface area contributed by atoms with Gasteiger partial charge in [-0.1, -0.05) is 69.7 Å². The van der Waals surface area contributed by atoms with Crippen LogP contribution in [0.3, 0.4) is 0 Å². The van der Waals surface area contributed by atoms with E-state index in [0.29, 0.717) is 16.9 Å². The van der Waals surface area contributed by atoms with Crippen LogP contribution < -0.4 is 4.74 Å². The number of carbonyl (C=O) groups excluding carboxylic acids is 1. The standard InChI is InChI=1S/C27H29NO2/c1-2-3-4-5-6-7-8-9-21-10-13-23(14-11-21)27(29)30-26-17-16-24-18-22(20-28)12-15-25(24)19-26/h10-19H,2-9H2,1H3. The van der Waals surface area contributed by atoms with Crippen molar-refractivity contribution in [2.75, 3.05) is 0 Å². The van der Waals surface area contributed by atoms with Gasteiger partial charge in [0, 0.05) is 0 Å². The molecule has 0 heterocycles. The molecule has 0 aliphatic heterocycles. The molecule has 0 spiro atoms. The van der Waals surface area contributed by atoms with E-state index in [1.165, 1.54) is 50.5 Å². The second-order valence-corrected chi connectivity index (χ2v) is 7.79. The number of unbranched alkanes of at least 4 members (excludes halogenated alkanes) is 6. The van der Waals surface area contributed by atoms with E-state index in [2.05, 4.69) is 13.0 Å². The van der Waals surface area contributed by atoms with Crippen LogP contribution in [-0.4, -0.2) is 5.97 Å². The number of hydrogen-bond acceptors (Lipinski definition) is 3. The lowest BCUT2D eigenvalue weighted by molar-refractivity contribution is 0.0735. The number of carbonyl (C=O) groups is 1. The van der Waals surface area contributed by atoms with Crippen LogP contribution in [0.1, 0.15) is 73.4 Å². The van der Waals surface area contributed by atoms with Crippen molar-refractivity contribution in [3.63, 3.8) is 0 Å². The van der Waals surface area contributed by atoms with Crippen LogP contribution in [-0.2, 0) is 6.42 Å². The van der Waals surface area contributed by atoms with Crippen LogP contribution in [0, 0.1) is 11.3 Å². The van der Waals surface area contributed by atoms with Gasteiger partial charge in [-0.15, -0.1) is 0 Å². The van der Waals surface area contributed by atoms with Crippen molar-refractivity contribution in [2.24, 2.45) is 0 Å². The van der Waals surface area contributed by atoms with Gasteiger partial charge in [0.15, 0.2) is 0 Å². The van der Waals surface area contributed by atoms with Crippen LogP contribution in [0.25, 0.3) is 10.8 Å². The number of esters is 1. The minimum atomic E-state index is -0.356. The van der Waals surface area contributed by atoms with Crippen molar-refractivity contribution in [2.45, 2.75) is 58.3 Å². The lowest BCUT2D eigenvalue weighted by Gasteiger charge is -2.07. The zero-order valence-electron chi connectivity index (χ0n) is 17.7. The van der Waals surface area contributed by atoms with Gasteiger partial charge in [-0.25, -0.2) is 4.79 Å². The third kappa shape index (κ3) is 6.19. The van der Waals surface area contributed by atoms with Gasteiger partial charge in [0.25, 0.3) is 0 Å². The average molecular weight is 400 g/mol. The number of ether oxygens (including phenoxy) is 1. The van der Waals surface area contributed by atoms with Crippen LogP contribution in [0.2, 0.25) is 0 Å². The second-order valence-electron chi connectivity index (χ2n) is 7.79. The summed E-state index contributed by atoms with van der Waals surface area (Å²) in [4.78, 5) is 12.5. The molecule has 3 aromatic carbocycles. The molecule has 0 bridgehead atoms. The molecule has 0 radical (unpaired) electrons. The highest BCUT2D eigenvalue weighted by atomic mass is 16.5. The van der Waals surface area contributed by atoms with E-state index < -0.39 is 0 Å². The maximum absolute atomic E-state index is 12.5. The summed E-state index contributed by atoms with van der Waals surface area (Å²) in [5, 5.41) is 10.9. The highest BCUT2D eigenvalue weighted by Gasteiger charge is 2.09. The molecule has 0 amide bonds. The average Bonchev–Trinajstić information content (AvgIpc) is 2.78. The largest absolute Gasteiger partial charge is 0.423 e. The molecule has 3 rings (SSSR count). The number of rotatable bonds is 10. The number of fused-ring (bicyclic) bond motifs is 1. The van der Waals surface area contributed by atoms with Crippen molar-refractivity contribution < 1.29 is 9.53 Å². The van der Waals surface area contributed by atoms with Gasteiger partial charge in [0.1, 0.15) is 5.75 Å². The Bertz CT molecular complexity index is 1020. The quantitative estimate of drug-likeness (QED) is 0.205. The maximum Gasteiger partial charge on any atom is 0.343 e. The van der Waals surface area contributed by atoms with E-state index in [4.69, 9.17) is 10.00 Å². The van der Waals surface area contributed by atoms with E-state index in [9.17, 15) is 4.79 Å². The number of aryl methyl sites for hydroxylation is 1. The normalized spacial score (nSPS) is 10.7. The Morgan fingerprint density at radius 3 is 2.23 bits per heavy atom. The van der Waals surface area contributed by atoms with E-state index in [1.807, 2.05) is 48.5 Å². The number of nitriles is 1. The minimum Gasteiger partial charge on any atom is -0.423 e. The molecule has 0 saturated carbocycles. The summed E-state index contributed by atoms with van der Waals surface area (Å²) in [6, 6.07) is 20.8. The van der Waals surface area contributed by atoms with Crippen LogP contribution in [0.15, 0.2) is 60.7 Å². The lowest BCUT2D eigenvalue weighted by Crippen LogP contribution is -2.08. The summed E-state index contributed by atoms with van der Waals surface area (Å²) in [5.74, 6) is 0.148. The zero-order valence-corrected chi connectivity index (χ0v) is 17.7. The van der Waals surface area contributed by atoms with Crippen molar-refractivity contribution in [1.29, 1.82) is 5.26 Å². The number of benzene rings is 3. The second kappa shape index (κ2) is 11.2. The molecule has 0 aromatic heterocycles. The SMILES string of the molecule is CCCCCCCCCc1ccc(C(=O)Oc2ccc3cc(C#N)ccc3c2)cc1. The molecule has 154 valence electrons. The van der Waals surface area contributed by atoms with Crippen molar-refractivity contribution in [3.05, 3.63) is 77.4 Å². The fourth-order valence-electron chi connectivity index (χ4n) is 3.62. The van der Waals surface area contributed by atoms with Crippen LogP contribution in [0.5, 0.6) is 5.75 Å². The molecular formula is C27H29NO2. The molecule has 0 aliphatic carbocycles. The van der Waals surface area contributed by atoms with Gasteiger partial charge >= 0.3 is 5.97 Å². The van der Waals surface area contributed by atoms with Gasteiger partial charge in [-0.3, -0.25) is 0 Å². The van der Waals surface area contributed by atoms with E-state index in [-0.39, 0.29) is 5.97 Å². The van der Waals surface area contributed by atoms with Gasteiger partial charge in [-0.2, -0.15) is 5.26 Å². The molecule has 0 atom stereocenters. The Labute approximate surface area is 179 Å². The van der Waals surface area contributed by atoms with Crippen molar-refractivity contribution >= 4 is 16.7 Å². The first-order valence-corrected chi connectivity index (χ1v) is 10.9. The highest BCUT2D eigenvalue weighted by molar-refractivity contribution is 5.92. The van der Waals surface area contributed by atoms with Gasteiger partial charge in [-0.05, 0) is 65.6 Å². The Hall–Kier alpha value is -3.12. The third-order valence-electron chi connectivity index (χ3n) is 5.41. The fraction of sp³-hybridized carbons (Fsp3) is 0.333. The van der Waals surface area contributed by atoms with E-state index >= 15 is 0 Å². The van der Waals surface area contributed by atoms with Crippen molar-refractivity contribution in [3.8, 4) is 11.8 Å². The Balaban J connectivity index is 1.51. The molecule has 3 heteroatoms. The molecule has 0 aliphatic rings. The molecule has 0 fully saturated rings. The predicted octanol–water partition coefficient (Wildman–Crippen LogP) is 7.22. The van der Waals surface area contributed by atoms with Crippen LogP contribution >= 0.6 is 0 Å². The van der Waals surface area contributed by atoms with Gasteiger partial charge in [0.2, 0.25) is 0 Å². The summed E-state index contributed by atoms with van der Waals surface area (Å²) in [6.45, 7) is 2.24. The zero-order chi connectivity index (χ0) is 21.2. The molecule has 0 saturated heterocycles. The monoisotopic (exact) mass is 399 g/mol. The summed E-state index contributed by atoms with van der Waals surface area (Å²) >= 11 is 0. The predicted molar refractivity (Wildman–Crippen MR) is 122 cm³/mol. The van der Waals surface area contributed by atoms with E-state index in [0.717, 1.165) is 17.2 Å². The Morgan fingerprint density at radius 2 is 1.50 bits per heavy atom. The third-order valence-corrected chi connectivity index (χ3v) is 5.41. The van der Waals surface area contributed by atoms with Crippen LogP contribution in [0.4, 0.5) is 0 Å². The first-order valence-electron chi connectivity index (χ1n) is 10.9. The molecule has 3 aromatic rings. The summed E-state index contributed by atoms with van der Waals surface area (Å²) in [7, 11) is 0. The summed E-state index contributed by atoms with van der Waals surface area (Å²) in [5.41, 5.74) is 2.43. The fourth-order valence-corrected chi connectivity index (χ4v) is 3.62. The molecule has 30 heavy (non-hydrogen) atoms. The van der Waals surface area contributed by atoms with Gasteiger partial charge < -0.3 is 4.74 Å². The van der Waals surface area contributed by atoms with Crippen molar-refractivity contribution in [1.82, 2.24) is 0 Å². The topological polar surface area (TPSA) is 50.1 Å². The first-order chi connectivity index (χ1) is 14.7. The Kier molecular flexibility index (Phi) is 8.03. The highest BCUT2D eigenvalue weighted by Crippen LogP contribution is 2.23. The van der Waals surface area contributed by atoms with E-state index in [1.54, 1.807) is 12.1 Å². The maximum atomic E-state index is 12.5. The Morgan fingerprint density at radius 1 is 0.833 bits per heavy atom. The minimum absolute atomic E-state index is 0.356. The summed E-state index contributed by atoms with van der Waals surface area (Å²) < 4.78 is 5.55. The smallest absolute Gasteiger partial charge is 0.343 e. The number of nitrogens with zero attached hydrogens (tertiary/aromatic N) is 1. The summed E-state index contributed by atoms with van der Waals surface area (Å²) in [6.07, 6.45) is 10.2. The first kappa shape index (κ1) is 21.6. The molecule has 0 unspecified atom stereocenters. The molecular weight excluding hydrogens is 370 g/mol. The number of hydrogen-bond donors (Lipinski definition) is 0. The lowest BCUT2D eigenvalue weighted by atomic mass is 10.0.